The summed E-state index contributed by atoms with van der Waals surface area (Å²) < 4.78 is 18.6. The van der Waals surface area contributed by atoms with Crippen molar-refractivity contribution in [2.24, 2.45) is 0 Å². The maximum atomic E-state index is 13.3. The zero-order chi connectivity index (χ0) is 15.9. The van der Waals surface area contributed by atoms with Gasteiger partial charge in [0, 0.05) is 32.5 Å². The molecule has 2 amide bonds. The Hall–Kier alpha value is -2.11. The summed E-state index contributed by atoms with van der Waals surface area (Å²) in [6.45, 7) is 0.945. The zero-order valence-electron chi connectivity index (χ0n) is 12.7. The smallest absolute Gasteiger partial charge is 0.224 e. The summed E-state index contributed by atoms with van der Waals surface area (Å²) in [5.41, 5.74) is 0. The molecule has 120 valence electrons. The number of para-hydroxylation sites is 1. The first-order valence-electron chi connectivity index (χ1n) is 7.47. The van der Waals surface area contributed by atoms with E-state index in [0.717, 1.165) is 6.42 Å². The van der Waals surface area contributed by atoms with E-state index in [2.05, 4.69) is 5.32 Å². The Morgan fingerprint density at radius 2 is 2.23 bits per heavy atom. The van der Waals surface area contributed by atoms with Gasteiger partial charge in [-0.05, 0) is 25.0 Å². The first-order chi connectivity index (χ1) is 10.6. The van der Waals surface area contributed by atoms with Gasteiger partial charge in [-0.2, -0.15) is 0 Å². The van der Waals surface area contributed by atoms with Crippen molar-refractivity contribution in [2.45, 2.75) is 31.7 Å². The number of hydrogen-bond donors (Lipinski definition) is 1. The molecular formula is C16H21FN2O3. The van der Waals surface area contributed by atoms with Crippen LogP contribution in [0.2, 0.25) is 0 Å². The third-order valence-electron chi connectivity index (χ3n) is 3.67. The average Bonchev–Trinajstić information content (AvgIpc) is 2.49. The van der Waals surface area contributed by atoms with Crippen LogP contribution in [-0.2, 0) is 9.59 Å². The molecule has 5 nitrogen and oxygen atoms in total. The van der Waals surface area contributed by atoms with Gasteiger partial charge in [-0.3, -0.25) is 9.59 Å². The van der Waals surface area contributed by atoms with Crippen molar-refractivity contribution >= 4 is 11.8 Å². The van der Waals surface area contributed by atoms with Crippen LogP contribution in [0.1, 0.15) is 25.7 Å². The fourth-order valence-corrected chi connectivity index (χ4v) is 2.34. The Balaban J connectivity index is 1.64. The number of carbonyl (C=O) groups is 2. The molecule has 6 heteroatoms. The molecule has 1 heterocycles. The van der Waals surface area contributed by atoms with Gasteiger partial charge < -0.3 is 15.0 Å². The number of nitrogens with zero attached hydrogens (tertiary/aromatic N) is 1. The highest BCUT2D eigenvalue weighted by molar-refractivity contribution is 5.80. The Kier molecular flexibility index (Phi) is 5.75. The van der Waals surface area contributed by atoms with E-state index in [1.54, 1.807) is 30.1 Å². The highest BCUT2D eigenvalue weighted by atomic mass is 19.1. The Morgan fingerprint density at radius 1 is 1.45 bits per heavy atom. The second-order valence-electron chi connectivity index (χ2n) is 5.45. The number of benzene rings is 1. The van der Waals surface area contributed by atoms with E-state index in [9.17, 15) is 14.0 Å². The van der Waals surface area contributed by atoms with Crippen molar-refractivity contribution in [2.75, 3.05) is 20.2 Å². The van der Waals surface area contributed by atoms with Crippen LogP contribution in [0.4, 0.5) is 4.39 Å². The number of hydrogen-bond acceptors (Lipinski definition) is 3. The third kappa shape index (κ3) is 4.72. The van der Waals surface area contributed by atoms with E-state index in [1.807, 2.05) is 0 Å². The van der Waals surface area contributed by atoms with E-state index in [-0.39, 0.29) is 30.2 Å². The number of likely N-dealkylation sites (tertiary alicyclic amines) is 1. The predicted molar refractivity (Wildman–Crippen MR) is 79.9 cm³/mol. The fourth-order valence-electron chi connectivity index (χ4n) is 2.34. The molecule has 1 aliphatic rings. The first-order valence-corrected chi connectivity index (χ1v) is 7.47. The average molecular weight is 308 g/mol. The first kappa shape index (κ1) is 16.3. The lowest BCUT2D eigenvalue weighted by atomic mass is 10.0. The highest BCUT2D eigenvalue weighted by Gasteiger charge is 2.24. The third-order valence-corrected chi connectivity index (χ3v) is 3.67. The summed E-state index contributed by atoms with van der Waals surface area (Å²) in [6, 6.07) is 6.10. The molecule has 1 unspecified atom stereocenters. The minimum Gasteiger partial charge on any atom is -0.491 e. The molecular weight excluding hydrogens is 287 g/mol. The van der Waals surface area contributed by atoms with Gasteiger partial charge >= 0.3 is 0 Å². The molecule has 0 bridgehead atoms. The van der Waals surface area contributed by atoms with Crippen LogP contribution < -0.4 is 10.1 Å². The summed E-state index contributed by atoms with van der Waals surface area (Å²) >= 11 is 0. The molecule has 0 radical (unpaired) electrons. The molecule has 1 aromatic carbocycles. The Bertz CT molecular complexity index is 536. The summed E-state index contributed by atoms with van der Waals surface area (Å²) in [5.74, 6) is -0.250. The van der Waals surface area contributed by atoms with Crippen LogP contribution in [0, 0.1) is 5.82 Å². The highest BCUT2D eigenvalue weighted by Crippen LogP contribution is 2.15. The minimum atomic E-state index is -0.406. The van der Waals surface area contributed by atoms with Crippen LogP contribution in [0.3, 0.4) is 0 Å². The molecule has 2 rings (SSSR count). The molecule has 0 spiro atoms. The van der Waals surface area contributed by atoms with Crippen LogP contribution >= 0.6 is 0 Å². The largest absolute Gasteiger partial charge is 0.491 e. The van der Waals surface area contributed by atoms with E-state index in [4.69, 9.17) is 4.74 Å². The van der Waals surface area contributed by atoms with E-state index < -0.39 is 5.82 Å². The monoisotopic (exact) mass is 308 g/mol. The lowest BCUT2D eigenvalue weighted by molar-refractivity contribution is -0.133. The number of rotatable bonds is 6. The maximum Gasteiger partial charge on any atom is 0.224 e. The van der Waals surface area contributed by atoms with Gasteiger partial charge in [0.15, 0.2) is 11.6 Å². The number of ether oxygens (including phenoxy) is 1. The number of halogens is 1. The zero-order valence-corrected chi connectivity index (χ0v) is 12.7. The second kappa shape index (κ2) is 7.77. The maximum absolute atomic E-state index is 13.3. The van der Waals surface area contributed by atoms with Gasteiger partial charge in [0.1, 0.15) is 0 Å². The van der Waals surface area contributed by atoms with Crippen molar-refractivity contribution < 1.29 is 18.7 Å². The van der Waals surface area contributed by atoms with Crippen LogP contribution in [0.25, 0.3) is 0 Å². The number of nitrogens with one attached hydrogen (secondary N) is 1. The summed E-state index contributed by atoms with van der Waals surface area (Å²) in [5, 5.41) is 2.86. The SMILES string of the molecule is CN1CCC(NC(=O)CCCOc2ccccc2F)CC1=O. The molecule has 0 aromatic heterocycles. The van der Waals surface area contributed by atoms with Crippen molar-refractivity contribution in [1.29, 1.82) is 0 Å². The van der Waals surface area contributed by atoms with E-state index >= 15 is 0 Å². The normalized spacial score (nSPS) is 18.2. The quantitative estimate of drug-likeness (QED) is 0.814. The van der Waals surface area contributed by atoms with Gasteiger partial charge in [-0.1, -0.05) is 12.1 Å². The molecule has 0 saturated carbocycles. The van der Waals surface area contributed by atoms with Crippen LogP contribution in [0.5, 0.6) is 5.75 Å². The second-order valence-corrected chi connectivity index (χ2v) is 5.45. The molecule has 1 aromatic rings. The van der Waals surface area contributed by atoms with Gasteiger partial charge in [-0.25, -0.2) is 4.39 Å². The lowest BCUT2D eigenvalue weighted by Crippen LogP contribution is -2.46. The molecule has 22 heavy (non-hydrogen) atoms. The van der Waals surface area contributed by atoms with E-state index in [0.29, 0.717) is 25.8 Å². The van der Waals surface area contributed by atoms with Crippen molar-refractivity contribution in [1.82, 2.24) is 10.2 Å². The summed E-state index contributed by atoms with van der Waals surface area (Å²) in [7, 11) is 1.76. The predicted octanol–water partition coefficient (Wildman–Crippen LogP) is 1.72. The molecule has 1 fully saturated rings. The van der Waals surface area contributed by atoms with Gasteiger partial charge in [0.2, 0.25) is 11.8 Å². The van der Waals surface area contributed by atoms with Crippen LogP contribution in [0.15, 0.2) is 24.3 Å². The van der Waals surface area contributed by atoms with Crippen molar-refractivity contribution in [3.05, 3.63) is 30.1 Å². The summed E-state index contributed by atoms with van der Waals surface area (Å²) in [4.78, 5) is 25.0. The minimum absolute atomic E-state index is 0.0550. The topological polar surface area (TPSA) is 58.6 Å². The molecule has 1 aliphatic heterocycles. The van der Waals surface area contributed by atoms with Gasteiger partial charge in [0.25, 0.3) is 0 Å². The molecule has 0 aliphatic carbocycles. The van der Waals surface area contributed by atoms with Crippen molar-refractivity contribution in [3.8, 4) is 5.75 Å². The standard InChI is InChI=1S/C16H21FN2O3/c1-19-9-8-12(11-16(19)21)18-15(20)7-4-10-22-14-6-3-2-5-13(14)17/h2-3,5-6,12H,4,7-11H2,1H3,(H,18,20). The number of amides is 2. The Labute approximate surface area is 129 Å². The van der Waals surface area contributed by atoms with Crippen molar-refractivity contribution in [3.63, 3.8) is 0 Å². The fraction of sp³-hybridized carbons (Fsp3) is 0.500. The number of piperidine rings is 1. The van der Waals surface area contributed by atoms with Gasteiger partial charge in [0.05, 0.1) is 6.61 Å². The Morgan fingerprint density at radius 3 is 2.95 bits per heavy atom. The lowest BCUT2D eigenvalue weighted by Gasteiger charge is -2.29. The van der Waals surface area contributed by atoms with E-state index in [1.165, 1.54) is 6.07 Å². The molecule has 1 saturated heterocycles. The number of carbonyl (C=O) groups excluding carboxylic acids is 2. The molecule has 1 N–H and O–H groups in total. The van der Waals surface area contributed by atoms with Crippen LogP contribution in [-0.4, -0.2) is 43.0 Å². The molecule has 1 atom stereocenters. The van der Waals surface area contributed by atoms with Gasteiger partial charge in [-0.15, -0.1) is 0 Å². The summed E-state index contributed by atoms with van der Waals surface area (Å²) in [6.07, 6.45) is 1.93.